The molecule has 0 radical (unpaired) electrons. The molecule has 1 fully saturated rings. The van der Waals surface area contributed by atoms with E-state index < -0.39 is 16.8 Å². The highest BCUT2D eigenvalue weighted by atomic mass is 32.2. The number of hydrogen-bond acceptors (Lipinski definition) is 4. The number of carbonyl (C=O) groups excluding carboxylic acids is 1. The van der Waals surface area contributed by atoms with E-state index in [1.807, 2.05) is 60.7 Å². The molecule has 142 valence electrons. The Labute approximate surface area is 163 Å². The van der Waals surface area contributed by atoms with Crippen molar-refractivity contribution in [2.45, 2.75) is 34.9 Å². The van der Waals surface area contributed by atoms with Crippen molar-refractivity contribution < 1.29 is 14.7 Å². The molecule has 3 rings (SSSR count). The van der Waals surface area contributed by atoms with Crippen LogP contribution in [0.2, 0.25) is 0 Å². The van der Waals surface area contributed by atoms with Gasteiger partial charge in [0.2, 0.25) is 5.91 Å². The van der Waals surface area contributed by atoms with E-state index in [9.17, 15) is 14.7 Å². The quantitative estimate of drug-likeness (QED) is 0.684. The van der Waals surface area contributed by atoms with Crippen LogP contribution < -0.4 is 10.6 Å². The van der Waals surface area contributed by atoms with E-state index in [-0.39, 0.29) is 12.3 Å². The van der Waals surface area contributed by atoms with Crippen molar-refractivity contribution in [3.05, 3.63) is 66.2 Å². The molecule has 0 spiro atoms. The maximum atomic E-state index is 13.2. The average Bonchev–Trinajstić information content (AvgIpc) is 2.69. The summed E-state index contributed by atoms with van der Waals surface area (Å²) < 4.78 is -0.704. The topological polar surface area (TPSA) is 78.4 Å². The van der Waals surface area contributed by atoms with Crippen molar-refractivity contribution in [1.82, 2.24) is 10.6 Å². The Balaban J connectivity index is 1.77. The van der Waals surface area contributed by atoms with E-state index >= 15 is 0 Å². The van der Waals surface area contributed by atoms with Gasteiger partial charge in [-0.25, -0.2) is 4.79 Å². The molecule has 1 heterocycles. The van der Waals surface area contributed by atoms with Crippen molar-refractivity contribution >= 4 is 23.6 Å². The Bertz CT molecular complexity index is 762. The third-order valence-electron chi connectivity index (χ3n) is 4.70. The molecule has 0 saturated carbocycles. The molecular weight excluding hydrogens is 360 g/mol. The zero-order chi connectivity index (χ0) is 19.1. The first kappa shape index (κ1) is 19.5. The first-order chi connectivity index (χ1) is 13.1. The third kappa shape index (κ3) is 5.11. The van der Waals surface area contributed by atoms with Crippen molar-refractivity contribution in [1.29, 1.82) is 0 Å². The smallest absolute Gasteiger partial charge is 0.326 e. The van der Waals surface area contributed by atoms with Crippen molar-refractivity contribution in [3.63, 3.8) is 0 Å². The Hall–Kier alpha value is -2.31. The van der Waals surface area contributed by atoms with Gasteiger partial charge in [-0.1, -0.05) is 48.5 Å². The van der Waals surface area contributed by atoms with E-state index in [4.69, 9.17) is 0 Å². The molecule has 1 amide bonds. The van der Waals surface area contributed by atoms with Gasteiger partial charge < -0.3 is 15.7 Å². The fraction of sp³-hybridized carbons (Fsp3) is 0.333. The van der Waals surface area contributed by atoms with Crippen LogP contribution in [0, 0.1) is 0 Å². The molecule has 0 bridgehead atoms. The summed E-state index contributed by atoms with van der Waals surface area (Å²) in [7, 11) is 0. The Morgan fingerprint density at radius 2 is 1.78 bits per heavy atom. The average molecular weight is 385 g/mol. The van der Waals surface area contributed by atoms with Gasteiger partial charge in [0.15, 0.2) is 0 Å². The maximum absolute atomic E-state index is 13.2. The van der Waals surface area contributed by atoms with Crippen LogP contribution in [0.15, 0.2) is 65.6 Å². The zero-order valence-electron chi connectivity index (χ0n) is 15.1. The lowest BCUT2D eigenvalue weighted by molar-refractivity contribution is -0.142. The molecule has 1 aliphatic heterocycles. The largest absolute Gasteiger partial charge is 0.480 e. The number of nitrogens with one attached hydrogen (secondary N) is 2. The predicted octanol–water partition coefficient (Wildman–Crippen LogP) is 2.71. The lowest BCUT2D eigenvalue weighted by Gasteiger charge is -2.36. The number of rotatable bonds is 7. The number of carbonyl (C=O) groups is 2. The minimum absolute atomic E-state index is 0.216. The number of carboxylic acids is 1. The summed E-state index contributed by atoms with van der Waals surface area (Å²) in [6.45, 7) is 1.40. The minimum Gasteiger partial charge on any atom is -0.480 e. The second-order valence-electron chi connectivity index (χ2n) is 6.74. The van der Waals surface area contributed by atoms with Crippen LogP contribution in [0.1, 0.15) is 18.4 Å². The number of benzene rings is 2. The molecule has 27 heavy (non-hydrogen) atoms. The van der Waals surface area contributed by atoms with Crippen LogP contribution in [0.5, 0.6) is 0 Å². The first-order valence-corrected chi connectivity index (χ1v) is 9.93. The van der Waals surface area contributed by atoms with Gasteiger partial charge in [-0.2, -0.15) is 0 Å². The van der Waals surface area contributed by atoms with Gasteiger partial charge in [0.05, 0.1) is 0 Å². The van der Waals surface area contributed by atoms with E-state index in [1.54, 1.807) is 0 Å². The van der Waals surface area contributed by atoms with Crippen LogP contribution >= 0.6 is 11.8 Å². The van der Waals surface area contributed by atoms with Crippen LogP contribution in [0.4, 0.5) is 0 Å². The molecule has 1 aliphatic rings. The van der Waals surface area contributed by atoms with E-state index in [1.165, 1.54) is 11.8 Å². The van der Waals surface area contributed by atoms with Gasteiger partial charge in [0.25, 0.3) is 0 Å². The molecule has 2 aromatic carbocycles. The zero-order valence-corrected chi connectivity index (χ0v) is 15.9. The van der Waals surface area contributed by atoms with Crippen molar-refractivity contribution in [2.24, 2.45) is 0 Å². The summed E-state index contributed by atoms with van der Waals surface area (Å²) in [5.41, 5.74) is 0.886. The second-order valence-corrected chi connectivity index (χ2v) is 8.20. The lowest BCUT2D eigenvalue weighted by Crippen LogP contribution is -2.57. The summed E-state index contributed by atoms with van der Waals surface area (Å²) in [4.78, 5) is 25.9. The van der Waals surface area contributed by atoms with Gasteiger partial charge in [0, 0.05) is 17.9 Å². The fourth-order valence-electron chi connectivity index (χ4n) is 3.26. The number of hydrogen-bond donors (Lipinski definition) is 3. The Morgan fingerprint density at radius 1 is 1.11 bits per heavy atom. The highest BCUT2D eigenvalue weighted by molar-refractivity contribution is 8.01. The maximum Gasteiger partial charge on any atom is 0.326 e. The molecule has 1 saturated heterocycles. The van der Waals surface area contributed by atoms with Crippen molar-refractivity contribution in [3.8, 4) is 0 Å². The summed E-state index contributed by atoms with van der Waals surface area (Å²) in [5, 5.41) is 15.7. The number of aliphatic carboxylic acids is 1. The summed E-state index contributed by atoms with van der Waals surface area (Å²) in [6.07, 6.45) is 1.86. The van der Waals surface area contributed by atoms with E-state index in [2.05, 4.69) is 10.6 Å². The molecule has 0 aromatic heterocycles. The summed E-state index contributed by atoms with van der Waals surface area (Å²) >= 11 is 1.51. The molecular formula is C21H24N2O3S. The molecule has 0 aliphatic carbocycles. The van der Waals surface area contributed by atoms with Gasteiger partial charge in [-0.3, -0.25) is 4.79 Å². The minimum atomic E-state index is -1.02. The van der Waals surface area contributed by atoms with Gasteiger partial charge >= 0.3 is 5.97 Å². The Morgan fingerprint density at radius 3 is 2.37 bits per heavy atom. The van der Waals surface area contributed by atoms with Crippen LogP contribution in [-0.2, 0) is 16.0 Å². The third-order valence-corrected chi connectivity index (χ3v) is 6.13. The van der Waals surface area contributed by atoms with E-state index in [0.29, 0.717) is 13.0 Å². The predicted molar refractivity (Wildman–Crippen MR) is 107 cm³/mol. The lowest BCUT2D eigenvalue weighted by atomic mass is 9.96. The number of thioether (sulfide) groups is 1. The molecule has 5 nitrogen and oxygen atoms in total. The van der Waals surface area contributed by atoms with E-state index in [0.717, 1.165) is 23.4 Å². The standard InChI is InChI=1S/C21H24N2O3S/c24-19(25)18(14-16-8-3-1-4-9-16)23-20(26)21(12-7-13-22-15-21)27-17-10-5-2-6-11-17/h1-6,8-11,18,22H,7,12-15H2,(H,23,26)(H,24,25)/t18-,21?/m0/s1. The summed E-state index contributed by atoms with van der Waals surface area (Å²) in [6, 6.07) is 18.2. The fourth-order valence-corrected chi connectivity index (χ4v) is 4.58. The number of carboxylic acid groups (broad SMARTS) is 1. The van der Waals surface area contributed by atoms with Gasteiger partial charge in [0.1, 0.15) is 10.8 Å². The molecule has 1 unspecified atom stereocenters. The first-order valence-electron chi connectivity index (χ1n) is 9.11. The molecule has 6 heteroatoms. The van der Waals surface area contributed by atoms with Gasteiger partial charge in [-0.05, 0) is 37.1 Å². The highest BCUT2D eigenvalue weighted by Gasteiger charge is 2.42. The summed E-state index contributed by atoms with van der Waals surface area (Å²) in [5.74, 6) is -1.23. The van der Waals surface area contributed by atoms with Crippen LogP contribution in [0.25, 0.3) is 0 Å². The molecule has 2 aromatic rings. The number of amides is 1. The van der Waals surface area contributed by atoms with Gasteiger partial charge in [-0.15, -0.1) is 11.8 Å². The molecule has 3 N–H and O–H groups in total. The SMILES string of the molecule is O=C(O)[C@H](Cc1ccccc1)NC(=O)C1(Sc2ccccc2)CCCNC1. The van der Waals surface area contributed by atoms with Crippen LogP contribution in [0.3, 0.4) is 0 Å². The monoisotopic (exact) mass is 384 g/mol. The number of piperidine rings is 1. The van der Waals surface area contributed by atoms with Crippen molar-refractivity contribution in [2.75, 3.05) is 13.1 Å². The highest BCUT2D eigenvalue weighted by Crippen LogP contribution is 2.38. The normalized spacial score (nSPS) is 20.6. The second kappa shape index (κ2) is 9.06. The van der Waals surface area contributed by atoms with Crippen LogP contribution in [-0.4, -0.2) is 40.9 Å². The molecule has 2 atom stereocenters. The Kier molecular flexibility index (Phi) is 6.53.